The molecule has 1 amide bonds. The fraction of sp³-hybridized carbons (Fsp3) is 0.538. The molecule has 1 N–H and O–H groups in total. The van der Waals surface area contributed by atoms with E-state index in [1.54, 1.807) is 6.20 Å². The van der Waals surface area contributed by atoms with E-state index in [0.717, 1.165) is 35.5 Å². The molecular formula is C26H30Cl2N4O. The molecule has 5 atom stereocenters. The molecule has 1 saturated heterocycles. The SMILES string of the molecule is CC1=C(C(=O)N2C3CCCCC3C3CCCCC32)C(c2ccc(Cl)c(Cl)c2)n2nccc2N1. The molecule has 3 fully saturated rings. The summed E-state index contributed by atoms with van der Waals surface area (Å²) in [5.74, 6) is 2.37. The molecule has 7 heteroatoms. The largest absolute Gasteiger partial charge is 0.344 e. The molecule has 1 aromatic heterocycles. The number of nitrogens with one attached hydrogen (secondary N) is 1. The zero-order chi connectivity index (χ0) is 22.7. The van der Waals surface area contributed by atoms with Crippen molar-refractivity contribution in [3.05, 3.63) is 57.3 Å². The zero-order valence-electron chi connectivity index (χ0n) is 18.9. The molecule has 4 aliphatic rings. The lowest BCUT2D eigenvalue weighted by Gasteiger charge is -2.38. The highest BCUT2D eigenvalue weighted by Crippen LogP contribution is 2.50. The number of hydrogen-bond donors (Lipinski definition) is 1. The third kappa shape index (κ3) is 3.42. The molecule has 5 unspecified atom stereocenters. The summed E-state index contributed by atoms with van der Waals surface area (Å²) in [4.78, 5) is 16.8. The summed E-state index contributed by atoms with van der Waals surface area (Å²) in [5.41, 5.74) is 2.61. The van der Waals surface area contributed by atoms with E-state index < -0.39 is 0 Å². The van der Waals surface area contributed by atoms with E-state index in [2.05, 4.69) is 15.3 Å². The van der Waals surface area contributed by atoms with Crippen LogP contribution >= 0.6 is 23.2 Å². The number of allylic oxidation sites excluding steroid dienone is 1. The number of carbonyl (C=O) groups is 1. The Kier molecular flexibility index (Phi) is 5.45. The van der Waals surface area contributed by atoms with Gasteiger partial charge >= 0.3 is 0 Å². The van der Waals surface area contributed by atoms with Gasteiger partial charge in [-0.25, -0.2) is 4.68 Å². The van der Waals surface area contributed by atoms with E-state index in [0.29, 0.717) is 34.0 Å². The van der Waals surface area contributed by atoms with Gasteiger partial charge in [-0.1, -0.05) is 55.0 Å². The van der Waals surface area contributed by atoms with Gasteiger partial charge in [-0.3, -0.25) is 4.79 Å². The van der Waals surface area contributed by atoms with Crippen molar-refractivity contribution in [2.75, 3.05) is 5.32 Å². The fourth-order valence-corrected chi connectivity index (χ4v) is 7.44. The first kappa shape index (κ1) is 21.5. The van der Waals surface area contributed by atoms with Crippen molar-refractivity contribution in [2.24, 2.45) is 11.8 Å². The summed E-state index contributed by atoms with van der Waals surface area (Å²) in [5, 5.41) is 9.04. The number of rotatable bonds is 2. The lowest BCUT2D eigenvalue weighted by atomic mass is 9.73. The Balaban J connectivity index is 1.45. The van der Waals surface area contributed by atoms with Crippen molar-refractivity contribution in [1.82, 2.24) is 14.7 Å². The Morgan fingerprint density at radius 3 is 2.30 bits per heavy atom. The van der Waals surface area contributed by atoms with E-state index in [4.69, 9.17) is 23.2 Å². The van der Waals surface area contributed by atoms with Crippen molar-refractivity contribution in [3.63, 3.8) is 0 Å². The van der Waals surface area contributed by atoms with Crippen LogP contribution in [0.15, 0.2) is 41.7 Å². The first-order valence-electron chi connectivity index (χ1n) is 12.3. The van der Waals surface area contributed by atoms with Crippen LogP contribution < -0.4 is 5.32 Å². The molecule has 5 nitrogen and oxygen atoms in total. The van der Waals surface area contributed by atoms with Crippen LogP contribution in [0.25, 0.3) is 0 Å². The second kappa shape index (κ2) is 8.35. The highest BCUT2D eigenvalue weighted by Gasteiger charge is 2.52. The average Bonchev–Trinajstić information content (AvgIpc) is 3.42. The monoisotopic (exact) mass is 484 g/mol. The number of carbonyl (C=O) groups excluding carboxylic acids is 1. The van der Waals surface area contributed by atoms with Gasteiger partial charge in [0.25, 0.3) is 5.91 Å². The van der Waals surface area contributed by atoms with Crippen LogP contribution in [0.2, 0.25) is 10.0 Å². The molecule has 0 bridgehead atoms. The van der Waals surface area contributed by atoms with Crippen LogP contribution in [0.5, 0.6) is 0 Å². The number of aromatic nitrogens is 2. The number of likely N-dealkylation sites (tertiary alicyclic amines) is 1. The summed E-state index contributed by atoms with van der Waals surface area (Å²) in [6.07, 6.45) is 11.6. The number of nitrogens with zero attached hydrogens (tertiary/aromatic N) is 3. The molecule has 0 spiro atoms. The van der Waals surface area contributed by atoms with Gasteiger partial charge in [0, 0.05) is 23.8 Å². The summed E-state index contributed by atoms with van der Waals surface area (Å²) >= 11 is 12.6. The van der Waals surface area contributed by atoms with Gasteiger partial charge in [0.15, 0.2) is 0 Å². The molecule has 3 heterocycles. The lowest BCUT2D eigenvalue weighted by Crippen LogP contribution is -2.47. The maximum Gasteiger partial charge on any atom is 0.254 e. The first-order valence-corrected chi connectivity index (χ1v) is 13.1. The van der Waals surface area contributed by atoms with Crippen LogP contribution in [0.1, 0.15) is 69.9 Å². The van der Waals surface area contributed by atoms with Crippen molar-refractivity contribution in [1.29, 1.82) is 0 Å². The predicted octanol–water partition coefficient (Wildman–Crippen LogP) is 6.44. The van der Waals surface area contributed by atoms with Crippen LogP contribution in [0.4, 0.5) is 5.82 Å². The van der Waals surface area contributed by atoms with E-state index in [9.17, 15) is 4.79 Å². The average molecular weight is 485 g/mol. The maximum atomic E-state index is 14.5. The van der Waals surface area contributed by atoms with Crippen molar-refractivity contribution in [2.45, 2.75) is 76.4 Å². The van der Waals surface area contributed by atoms with Gasteiger partial charge in [-0.2, -0.15) is 5.10 Å². The summed E-state index contributed by atoms with van der Waals surface area (Å²) < 4.78 is 1.91. The number of anilines is 1. The molecule has 0 radical (unpaired) electrons. The quantitative estimate of drug-likeness (QED) is 0.533. The van der Waals surface area contributed by atoms with Gasteiger partial charge in [-0.05, 0) is 62.1 Å². The Bertz CT molecular complexity index is 1100. The van der Waals surface area contributed by atoms with Crippen molar-refractivity contribution >= 4 is 34.9 Å². The van der Waals surface area contributed by atoms with E-state index in [1.807, 2.05) is 35.9 Å². The summed E-state index contributed by atoms with van der Waals surface area (Å²) in [6.45, 7) is 2.01. The van der Waals surface area contributed by atoms with Gasteiger partial charge in [0.2, 0.25) is 0 Å². The Labute approximate surface area is 205 Å². The normalized spacial score (nSPS) is 31.0. The third-order valence-electron chi connectivity index (χ3n) is 8.46. The second-order valence-corrected chi connectivity index (χ2v) is 11.0. The Hall–Kier alpha value is -1.98. The van der Waals surface area contributed by atoms with Gasteiger partial charge < -0.3 is 10.2 Å². The minimum atomic E-state index is -0.330. The Morgan fingerprint density at radius 1 is 0.970 bits per heavy atom. The minimum Gasteiger partial charge on any atom is -0.344 e. The summed E-state index contributed by atoms with van der Waals surface area (Å²) in [6, 6.07) is 8.01. The molecule has 2 aromatic rings. The van der Waals surface area contributed by atoms with Crippen molar-refractivity contribution < 1.29 is 4.79 Å². The number of amides is 1. The smallest absolute Gasteiger partial charge is 0.254 e. The minimum absolute atomic E-state index is 0.170. The number of fused-ring (bicyclic) bond motifs is 4. The Morgan fingerprint density at radius 2 is 1.64 bits per heavy atom. The molecule has 2 saturated carbocycles. The number of halogens is 2. The van der Waals surface area contributed by atoms with E-state index in [-0.39, 0.29) is 11.9 Å². The maximum absolute atomic E-state index is 14.5. The standard InChI is InChI=1S/C26H30Cl2N4O/c1-15-24(25(32-23(30-15)12-13-29-32)16-10-11-19(27)20(28)14-16)26(33)31-21-8-4-2-6-17(21)18-7-3-5-9-22(18)31/h10-14,17-18,21-22,25,30H,2-9H2,1H3. The fourth-order valence-electron chi connectivity index (χ4n) is 7.13. The molecule has 1 aromatic carbocycles. The van der Waals surface area contributed by atoms with Gasteiger partial charge in [0.05, 0.1) is 21.8 Å². The predicted molar refractivity (Wildman–Crippen MR) is 131 cm³/mol. The topological polar surface area (TPSA) is 50.2 Å². The summed E-state index contributed by atoms with van der Waals surface area (Å²) in [7, 11) is 0. The number of hydrogen-bond acceptors (Lipinski definition) is 3. The molecule has 2 aliphatic heterocycles. The van der Waals surface area contributed by atoms with Crippen LogP contribution in [-0.4, -0.2) is 32.7 Å². The zero-order valence-corrected chi connectivity index (χ0v) is 20.4. The van der Waals surface area contributed by atoms with Crippen LogP contribution in [-0.2, 0) is 4.79 Å². The van der Waals surface area contributed by atoms with Gasteiger partial charge in [-0.15, -0.1) is 0 Å². The van der Waals surface area contributed by atoms with Crippen LogP contribution in [0, 0.1) is 11.8 Å². The van der Waals surface area contributed by atoms with E-state index >= 15 is 0 Å². The number of benzene rings is 1. The van der Waals surface area contributed by atoms with E-state index in [1.165, 1.54) is 38.5 Å². The molecule has 174 valence electrons. The molecule has 2 aliphatic carbocycles. The second-order valence-electron chi connectivity index (χ2n) is 10.1. The van der Waals surface area contributed by atoms with Crippen molar-refractivity contribution in [3.8, 4) is 0 Å². The molecular weight excluding hydrogens is 455 g/mol. The van der Waals surface area contributed by atoms with Crippen LogP contribution in [0.3, 0.4) is 0 Å². The first-order chi connectivity index (χ1) is 16.0. The molecule has 33 heavy (non-hydrogen) atoms. The highest BCUT2D eigenvalue weighted by atomic mass is 35.5. The molecule has 6 rings (SSSR count). The highest BCUT2D eigenvalue weighted by molar-refractivity contribution is 6.42. The van der Waals surface area contributed by atoms with Gasteiger partial charge in [0.1, 0.15) is 11.9 Å². The lowest BCUT2D eigenvalue weighted by molar-refractivity contribution is -0.131. The third-order valence-corrected chi connectivity index (χ3v) is 9.20.